The average Bonchev–Trinajstić information content (AvgIpc) is 3.37. The van der Waals surface area contributed by atoms with Crippen molar-refractivity contribution >= 4 is 31.4 Å². The van der Waals surface area contributed by atoms with E-state index in [1.165, 1.54) is 23.1 Å². The molecule has 0 bridgehead atoms. The van der Waals surface area contributed by atoms with E-state index in [-0.39, 0.29) is 41.1 Å². The van der Waals surface area contributed by atoms with Crippen LogP contribution in [0.5, 0.6) is 11.5 Å². The number of halogens is 3. The molecule has 241 valence electrons. The second-order valence-corrected chi connectivity index (χ2v) is 14.5. The number of rotatable bonds is 13. The van der Waals surface area contributed by atoms with Crippen LogP contribution in [0.15, 0.2) is 60.9 Å². The SMILES string of the molecule is CCOc1cc(F)c(Cn2nc(-c3ncc(OCCCO[Si](C)C(C)(C)C)c(Nc4ccnc(F)c4)n3)c3ccccc32)c(F)c1. The molecule has 2 aromatic carbocycles. The summed E-state index contributed by atoms with van der Waals surface area (Å²) in [7, 11) is -0.973. The summed E-state index contributed by atoms with van der Waals surface area (Å²) in [5.41, 5.74) is 1.28. The summed E-state index contributed by atoms with van der Waals surface area (Å²) in [6, 6.07) is 12.4. The van der Waals surface area contributed by atoms with Crippen molar-refractivity contribution in [3.8, 4) is 23.0 Å². The van der Waals surface area contributed by atoms with Crippen molar-refractivity contribution in [3.05, 3.63) is 84.1 Å². The number of nitrogens with zero attached hydrogens (tertiary/aromatic N) is 5. The molecule has 0 spiro atoms. The van der Waals surface area contributed by atoms with Crippen LogP contribution in [-0.4, -0.2) is 53.6 Å². The van der Waals surface area contributed by atoms with Crippen molar-refractivity contribution in [2.24, 2.45) is 0 Å². The maximum Gasteiger partial charge on any atom is 0.214 e. The number of anilines is 2. The van der Waals surface area contributed by atoms with Crippen molar-refractivity contribution in [1.82, 2.24) is 24.7 Å². The first-order valence-corrected chi connectivity index (χ1v) is 16.9. The molecule has 0 unspecified atom stereocenters. The number of ether oxygens (including phenoxy) is 2. The molecule has 0 atom stereocenters. The van der Waals surface area contributed by atoms with Crippen LogP contribution >= 0.6 is 0 Å². The lowest BCUT2D eigenvalue weighted by molar-refractivity contribution is 0.242. The minimum Gasteiger partial charge on any atom is -0.494 e. The first-order chi connectivity index (χ1) is 22.0. The topological polar surface area (TPSA) is 96.2 Å². The molecule has 1 N–H and O–H groups in total. The maximum absolute atomic E-state index is 15.0. The van der Waals surface area contributed by atoms with E-state index < -0.39 is 26.6 Å². The summed E-state index contributed by atoms with van der Waals surface area (Å²) in [5, 5.41) is 8.59. The monoisotopic (exact) mass is 649 g/mol. The average molecular weight is 650 g/mol. The first kappa shape index (κ1) is 32.9. The Bertz CT molecular complexity index is 1790. The third kappa shape index (κ3) is 7.83. The highest BCUT2D eigenvalue weighted by Gasteiger charge is 2.24. The molecule has 9 nitrogen and oxygen atoms in total. The van der Waals surface area contributed by atoms with Crippen molar-refractivity contribution in [3.63, 3.8) is 0 Å². The highest BCUT2D eigenvalue weighted by atomic mass is 28.3. The Morgan fingerprint density at radius 1 is 0.957 bits per heavy atom. The van der Waals surface area contributed by atoms with Gasteiger partial charge in [-0.1, -0.05) is 39.0 Å². The summed E-state index contributed by atoms with van der Waals surface area (Å²) >= 11 is 0. The van der Waals surface area contributed by atoms with Gasteiger partial charge in [0.1, 0.15) is 23.1 Å². The number of nitrogens with one attached hydrogen (secondary N) is 1. The fourth-order valence-electron chi connectivity index (χ4n) is 4.52. The molecule has 1 radical (unpaired) electrons. The Labute approximate surface area is 267 Å². The van der Waals surface area contributed by atoms with Crippen LogP contribution in [0.3, 0.4) is 0 Å². The summed E-state index contributed by atoms with van der Waals surface area (Å²) in [5.74, 6) is -1.15. The normalized spacial score (nSPS) is 11.8. The molecule has 0 fully saturated rings. The molecule has 3 aromatic heterocycles. The Balaban J connectivity index is 1.45. The molecule has 5 rings (SSSR count). The van der Waals surface area contributed by atoms with Crippen LogP contribution in [0, 0.1) is 17.6 Å². The number of aromatic nitrogens is 5. The smallest absolute Gasteiger partial charge is 0.214 e. The van der Waals surface area contributed by atoms with Gasteiger partial charge in [-0.25, -0.2) is 23.7 Å². The summed E-state index contributed by atoms with van der Waals surface area (Å²) in [6.07, 6.45) is 3.51. The van der Waals surface area contributed by atoms with Crippen LogP contribution in [0.2, 0.25) is 11.6 Å². The van der Waals surface area contributed by atoms with Gasteiger partial charge in [0.15, 0.2) is 17.4 Å². The second kappa shape index (κ2) is 14.3. The third-order valence-electron chi connectivity index (χ3n) is 7.27. The van der Waals surface area contributed by atoms with Crippen LogP contribution in [0.25, 0.3) is 22.4 Å². The van der Waals surface area contributed by atoms with Crippen LogP contribution < -0.4 is 14.8 Å². The van der Waals surface area contributed by atoms with E-state index in [2.05, 4.69) is 47.7 Å². The molecule has 46 heavy (non-hydrogen) atoms. The van der Waals surface area contributed by atoms with E-state index in [1.807, 2.05) is 18.2 Å². The Morgan fingerprint density at radius 2 is 1.72 bits per heavy atom. The van der Waals surface area contributed by atoms with Gasteiger partial charge in [-0.2, -0.15) is 9.49 Å². The summed E-state index contributed by atoms with van der Waals surface area (Å²) < 4.78 is 62.7. The van der Waals surface area contributed by atoms with Gasteiger partial charge in [-0.3, -0.25) is 4.68 Å². The Morgan fingerprint density at radius 3 is 2.43 bits per heavy atom. The molecule has 0 aliphatic carbocycles. The molecule has 0 amide bonds. The lowest BCUT2D eigenvalue weighted by atomic mass is 10.1. The maximum atomic E-state index is 15.0. The van der Waals surface area contributed by atoms with Crippen molar-refractivity contribution < 1.29 is 27.1 Å². The van der Waals surface area contributed by atoms with Crippen molar-refractivity contribution in [2.75, 3.05) is 25.1 Å². The van der Waals surface area contributed by atoms with E-state index in [9.17, 15) is 13.2 Å². The number of fused-ring (bicyclic) bond motifs is 1. The lowest BCUT2D eigenvalue weighted by Gasteiger charge is -2.24. The standard InChI is InChI=1S/C33H36F3N6O3Si/c1-6-43-22-17-25(34)24(26(35)18-22)20-42-27-11-8-7-10-23(27)30(41-42)32-38-19-28(44-14-9-15-45-46(5)33(2,3)4)31(40-32)39-21-12-13-37-29(36)16-21/h7-8,10-13,16-19H,6,9,14-15,20H2,1-5H3,(H,37,38,39,40). The Hall–Kier alpha value is -4.49. The second-order valence-electron chi connectivity index (χ2n) is 11.6. The molecule has 3 heterocycles. The van der Waals surface area contributed by atoms with Gasteiger partial charge in [0.2, 0.25) is 15.0 Å². The van der Waals surface area contributed by atoms with Crippen LogP contribution in [-0.2, 0) is 11.0 Å². The molecular weight excluding hydrogens is 613 g/mol. The highest BCUT2D eigenvalue weighted by molar-refractivity contribution is 6.53. The van der Waals surface area contributed by atoms with Gasteiger partial charge in [0, 0.05) is 54.1 Å². The van der Waals surface area contributed by atoms with Gasteiger partial charge >= 0.3 is 0 Å². The molecule has 0 saturated carbocycles. The van der Waals surface area contributed by atoms with Crippen molar-refractivity contribution in [1.29, 1.82) is 0 Å². The van der Waals surface area contributed by atoms with E-state index >= 15 is 0 Å². The molecule has 0 saturated heterocycles. The zero-order valence-corrected chi connectivity index (χ0v) is 27.4. The number of hydrogen-bond donors (Lipinski definition) is 1. The quantitative estimate of drug-likeness (QED) is 0.0788. The summed E-state index contributed by atoms with van der Waals surface area (Å²) in [4.78, 5) is 12.9. The van der Waals surface area contributed by atoms with Gasteiger partial charge in [-0.05, 0) is 30.6 Å². The zero-order chi connectivity index (χ0) is 32.8. The molecule has 13 heteroatoms. The largest absolute Gasteiger partial charge is 0.494 e. The molecular formula is C33H36F3N6O3Si. The molecule has 5 aromatic rings. The number of pyridine rings is 1. The van der Waals surface area contributed by atoms with Crippen molar-refractivity contribution in [2.45, 2.75) is 52.2 Å². The fourth-order valence-corrected chi connectivity index (χ4v) is 5.41. The predicted octanol–water partition coefficient (Wildman–Crippen LogP) is 7.70. The fraction of sp³-hybridized carbons (Fsp3) is 0.333. The van der Waals surface area contributed by atoms with Gasteiger partial charge in [0.05, 0.1) is 31.5 Å². The van der Waals surface area contributed by atoms with Crippen LogP contribution in [0.4, 0.5) is 24.7 Å². The minimum absolute atomic E-state index is 0.116. The first-order valence-electron chi connectivity index (χ1n) is 15.0. The van der Waals surface area contributed by atoms with E-state index in [1.54, 1.807) is 19.1 Å². The van der Waals surface area contributed by atoms with Crippen LogP contribution in [0.1, 0.15) is 39.7 Å². The lowest BCUT2D eigenvalue weighted by Crippen LogP contribution is -2.26. The number of benzene rings is 2. The van der Waals surface area contributed by atoms with Gasteiger partial charge in [0.25, 0.3) is 0 Å². The van der Waals surface area contributed by atoms with E-state index in [0.717, 1.165) is 12.1 Å². The van der Waals surface area contributed by atoms with E-state index in [4.69, 9.17) is 18.9 Å². The Kier molecular flexibility index (Phi) is 10.2. The minimum atomic E-state index is -0.973. The predicted molar refractivity (Wildman–Crippen MR) is 172 cm³/mol. The summed E-state index contributed by atoms with van der Waals surface area (Å²) in [6.45, 7) is 11.4. The van der Waals surface area contributed by atoms with Gasteiger partial charge in [-0.15, -0.1) is 0 Å². The number of para-hydroxylation sites is 1. The number of hydrogen-bond acceptors (Lipinski definition) is 8. The molecule has 0 aliphatic rings. The van der Waals surface area contributed by atoms with E-state index in [0.29, 0.717) is 47.7 Å². The zero-order valence-electron chi connectivity index (χ0n) is 26.4. The third-order valence-corrected chi connectivity index (χ3v) is 10.0. The highest BCUT2D eigenvalue weighted by Crippen LogP contribution is 2.32. The van der Waals surface area contributed by atoms with Gasteiger partial charge < -0.3 is 19.2 Å². The molecule has 0 aliphatic heterocycles.